The van der Waals surface area contributed by atoms with E-state index >= 15 is 0 Å². The van der Waals surface area contributed by atoms with Crippen molar-refractivity contribution >= 4 is 23.6 Å². The summed E-state index contributed by atoms with van der Waals surface area (Å²) in [6.45, 7) is 1.09. The predicted molar refractivity (Wildman–Crippen MR) is 94.5 cm³/mol. The Morgan fingerprint density at radius 1 is 1.24 bits per heavy atom. The van der Waals surface area contributed by atoms with Gasteiger partial charge >= 0.3 is 5.92 Å². The minimum absolute atomic E-state index is 0.121. The molecule has 0 aromatic heterocycles. The number of amides is 4. The van der Waals surface area contributed by atoms with Crippen molar-refractivity contribution in [1.29, 1.82) is 0 Å². The SMILES string of the molecule is CC(C)(F)C(F)(F)C(=O)NCc1ccc2c(c1)CN(C1CCC(=O)NC1=O)C2=O. The number of hydrogen-bond donors (Lipinski definition) is 2. The first kappa shape index (κ1) is 20.8. The van der Waals surface area contributed by atoms with E-state index in [4.69, 9.17) is 0 Å². The number of alkyl halides is 3. The lowest BCUT2D eigenvalue weighted by molar-refractivity contribution is -0.167. The minimum atomic E-state index is -4.19. The molecule has 1 saturated heterocycles. The Morgan fingerprint density at radius 2 is 1.93 bits per heavy atom. The number of rotatable bonds is 5. The van der Waals surface area contributed by atoms with Crippen molar-refractivity contribution in [2.75, 3.05) is 0 Å². The number of carbonyl (C=O) groups is 4. The van der Waals surface area contributed by atoms with Crippen LogP contribution in [0.3, 0.4) is 0 Å². The second-order valence-corrected chi connectivity index (χ2v) is 7.62. The molecule has 2 heterocycles. The molecule has 156 valence electrons. The summed E-state index contributed by atoms with van der Waals surface area (Å²) in [6.07, 6.45) is 0.356. The maximum Gasteiger partial charge on any atom is 0.357 e. The fourth-order valence-electron chi connectivity index (χ4n) is 3.30. The van der Waals surface area contributed by atoms with Gasteiger partial charge in [0, 0.05) is 25.1 Å². The third kappa shape index (κ3) is 3.83. The highest BCUT2D eigenvalue weighted by Gasteiger charge is 2.54. The number of hydrogen-bond acceptors (Lipinski definition) is 4. The second-order valence-electron chi connectivity index (χ2n) is 7.62. The fraction of sp³-hybridized carbons (Fsp3) is 0.474. The number of nitrogens with zero attached hydrogens (tertiary/aromatic N) is 1. The Labute approximate surface area is 164 Å². The standard InChI is InChI=1S/C19H20F3N3O4/c1-18(2,20)19(21,22)17(29)23-8-10-3-4-12-11(7-10)9-25(16(12)28)13-5-6-14(26)24-15(13)27/h3-4,7,13H,5-6,8-9H2,1-2H3,(H,23,29)(H,24,26,27). The molecule has 2 aliphatic rings. The molecule has 1 aromatic rings. The van der Waals surface area contributed by atoms with E-state index in [-0.39, 0.29) is 37.7 Å². The summed E-state index contributed by atoms with van der Waals surface area (Å²) in [4.78, 5) is 48.9. The quantitative estimate of drug-likeness (QED) is 0.717. The lowest BCUT2D eigenvalue weighted by atomic mass is 10.0. The monoisotopic (exact) mass is 411 g/mol. The van der Waals surface area contributed by atoms with E-state index in [1.807, 2.05) is 5.32 Å². The predicted octanol–water partition coefficient (Wildman–Crippen LogP) is 1.45. The molecule has 0 spiro atoms. The van der Waals surface area contributed by atoms with E-state index in [9.17, 15) is 32.3 Å². The Hall–Kier alpha value is -2.91. The molecule has 1 unspecified atom stereocenters. The van der Waals surface area contributed by atoms with Crippen LogP contribution in [-0.4, -0.2) is 46.2 Å². The van der Waals surface area contributed by atoms with Crippen molar-refractivity contribution in [3.8, 4) is 0 Å². The minimum Gasteiger partial charge on any atom is -0.347 e. The molecule has 29 heavy (non-hydrogen) atoms. The first-order chi connectivity index (χ1) is 13.4. The van der Waals surface area contributed by atoms with Gasteiger partial charge in [-0.2, -0.15) is 8.78 Å². The molecular formula is C19H20F3N3O4. The summed E-state index contributed by atoms with van der Waals surface area (Å²) in [6, 6.07) is 3.78. The van der Waals surface area contributed by atoms with Crippen LogP contribution in [0.4, 0.5) is 13.2 Å². The van der Waals surface area contributed by atoms with Crippen LogP contribution in [0.25, 0.3) is 0 Å². The zero-order chi connectivity index (χ0) is 21.6. The molecule has 1 atom stereocenters. The van der Waals surface area contributed by atoms with E-state index < -0.39 is 29.4 Å². The number of halogens is 3. The average Bonchev–Trinajstić information content (AvgIpc) is 2.94. The highest BCUT2D eigenvalue weighted by molar-refractivity contribution is 6.05. The van der Waals surface area contributed by atoms with Crippen LogP contribution in [0.1, 0.15) is 48.2 Å². The molecule has 1 aromatic carbocycles. The zero-order valence-corrected chi connectivity index (χ0v) is 15.9. The molecular weight excluding hydrogens is 391 g/mol. The molecule has 0 saturated carbocycles. The number of nitrogens with one attached hydrogen (secondary N) is 2. The van der Waals surface area contributed by atoms with Gasteiger partial charge in [0.05, 0.1) is 0 Å². The molecule has 2 N–H and O–H groups in total. The van der Waals surface area contributed by atoms with Gasteiger partial charge in [0.2, 0.25) is 11.8 Å². The van der Waals surface area contributed by atoms with Gasteiger partial charge in [0.1, 0.15) is 6.04 Å². The van der Waals surface area contributed by atoms with E-state index in [2.05, 4.69) is 5.32 Å². The molecule has 10 heteroatoms. The van der Waals surface area contributed by atoms with Gasteiger partial charge in [0.25, 0.3) is 11.8 Å². The largest absolute Gasteiger partial charge is 0.357 e. The summed E-state index contributed by atoms with van der Waals surface area (Å²) in [5.41, 5.74) is -1.63. The average molecular weight is 411 g/mol. The molecule has 2 aliphatic heterocycles. The Morgan fingerprint density at radius 3 is 2.55 bits per heavy atom. The molecule has 0 bridgehead atoms. The summed E-state index contributed by atoms with van der Waals surface area (Å²) in [5.74, 6) is -7.21. The van der Waals surface area contributed by atoms with Gasteiger partial charge in [-0.25, -0.2) is 4.39 Å². The molecule has 1 fully saturated rings. The Balaban J connectivity index is 1.69. The van der Waals surface area contributed by atoms with E-state index in [0.29, 0.717) is 30.5 Å². The van der Waals surface area contributed by atoms with Gasteiger partial charge < -0.3 is 10.2 Å². The number of benzene rings is 1. The van der Waals surface area contributed by atoms with Crippen LogP contribution in [0.15, 0.2) is 18.2 Å². The number of fused-ring (bicyclic) bond motifs is 1. The number of piperidine rings is 1. The normalized spacial score (nSPS) is 19.8. The van der Waals surface area contributed by atoms with Gasteiger partial charge in [-0.1, -0.05) is 12.1 Å². The second kappa shape index (κ2) is 7.16. The Bertz CT molecular complexity index is 895. The molecule has 0 aliphatic carbocycles. The van der Waals surface area contributed by atoms with Gasteiger partial charge in [-0.15, -0.1) is 0 Å². The van der Waals surface area contributed by atoms with Gasteiger partial charge in [-0.3, -0.25) is 24.5 Å². The van der Waals surface area contributed by atoms with Gasteiger partial charge in [0.15, 0.2) is 5.67 Å². The third-order valence-corrected chi connectivity index (χ3v) is 5.07. The van der Waals surface area contributed by atoms with Crippen molar-refractivity contribution in [2.24, 2.45) is 0 Å². The highest BCUT2D eigenvalue weighted by atomic mass is 19.3. The maximum absolute atomic E-state index is 13.7. The van der Waals surface area contributed by atoms with Gasteiger partial charge in [-0.05, 0) is 37.5 Å². The number of imide groups is 1. The van der Waals surface area contributed by atoms with Crippen molar-refractivity contribution < 1.29 is 32.3 Å². The van der Waals surface area contributed by atoms with Crippen LogP contribution in [0.5, 0.6) is 0 Å². The summed E-state index contributed by atoms with van der Waals surface area (Å²) in [5, 5.41) is 4.21. The van der Waals surface area contributed by atoms with Crippen LogP contribution in [0, 0.1) is 0 Å². The van der Waals surface area contributed by atoms with Crippen molar-refractivity contribution in [3.63, 3.8) is 0 Å². The summed E-state index contributed by atoms with van der Waals surface area (Å²) < 4.78 is 41.0. The first-order valence-corrected chi connectivity index (χ1v) is 9.03. The van der Waals surface area contributed by atoms with Crippen LogP contribution in [-0.2, 0) is 27.5 Å². The molecule has 0 radical (unpaired) electrons. The van der Waals surface area contributed by atoms with Crippen LogP contribution in [0.2, 0.25) is 0 Å². The molecule has 7 nitrogen and oxygen atoms in total. The third-order valence-electron chi connectivity index (χ3n) is 5.07. The van der Waals surface area contributed by atoms with E-state index in [1.165, 1.54) is 17.0 Å². The van der Waals surface area contributed by atoms with E-state index in [1.54, 1.807) is 6.07 Å². The topological polar surface area (TPSA) is 95.6 Å². The fourth-order valence-corrected chi connectivity index (χ4v) is 3.30. The first-order valence-electron chi connectivity index (χ1n) is 9.03. The summed E-state index contributed by atoms with van der Waals surface area (Å²) >= 11 is 0. The molecule has 3 rings (SSSR count). The molecule has 4 amide bonds. The lowest BCUT2D eigenvalue weighted by Crippen LogP contribution is -2.52. The van der Waals surface area contributed by atoms with Crippen LogP contribution < -0.4 is 10.6 Å². The maximum atomic E-state index is 13.7. The number of carbonyl (C=O) groups excluding carboxylic acids is 4. The highest BCUT2D eigenvalue weighted by Crippen LogP contribution is 2.32. The smallest absolute Gasteiger partial charge is 0.347 e. The van der Waals surface area contributed by atoms with Crippen molar-refractivity contribution in [2.45, 2.75) is 57.4 Å². The van der Waals surface area contributed by atoms with Crippen molar-refractivity contribution in [3.05, 3.63) is 34.9 Å². The van der Waals surface area contributed by atoms with Crippen LogP contribution >= 0.6 is 0 Å². The summed E-state index contributed by atoms with van der Waals surface area (Å²) in [7, 11) is 0. The lowest BCUT2D eigenvalue weighted by Gasteiger charge is -2.29. The van der Waals surface area contributed by atoms with Crippen molar-refractivity contribution in [1.82, 2.24) is 15.5 Å². The van der Waals surface area contributed by atoms with E-state index in [0.717, 1.165) is 0 Å². The Kier molecular flexibility index (Phi) is 5.14. The zero-order valence-electron chi connectivity index (χ0n) is 15.9.